The van der Waals surface area contributed by atoms with Gasteiger partial charge in [-0.15, -0.1) is 0 Å². The molecule has 0 spiro atoms. The predicted octanol–water partition coefficient (Wildman–Crippen LogP) is 3.32. The lowest BCUT2D eigenvalue weighted by Gasteiger charge is -2.14. The predicted molar refractivity (Wildman–Crippen MR) is 94.6 cm³/mol. The molecule has 2 N–H and O–H groups in total. The molecule has 0 aromatic carbocycles. The fraction of sp³-hybridized carbons (Fsp3) is 0.789. The number of unbranched alkanes of at least 4 members (excludes halogenated alkanes) is 6. The topological polar surface area (TPSA) is 83.8 Å². The molecule has 5 heteroatoms. The fourth-order valence-electron chi connectivity index (χ4n) is 2.39. The van der Waals surface area contributed by atoms with Crippen molar-refractivity contribution in [1.29, 1.82) is 0 Å². The molecule has 24 heavy (non-hydrogen) atoms. The molecule has 0 rings (SSSR count). The van der Waals surface area contributed by atoms with E-state index in [4.69, 9.17) is 0 Å². The van der Waals surface area contributed by atoms with Crippen molar-refractivity contribution in [1.82, 2.24) is 0 Å². The summed E-state index contributed by atoms with van der Waals surface area (Å²) >= 11 is 0. The molecule has 0 heterocycles. The van der Waals surface area contributed by atoms with Crippen LogP contribution in [0.2, 0.25) is 0 Å². The van der Waals surface area contributed by atoms with Crippen LogP contribution in [0.5, 0.6) is 0 Å². The van der Waals surface area contributed by atoms with Crippen LogP contribution in [0.25, 0.3) is 0 Å². The summed E-state index contributed by atoms with van der Waals surface area (Å²) in [7, 11) is 1.39. The fourth-order valence-corrected chi connectivity index (χ4v) is 2.39. The van der Waals surface area contributed by atoms with E-state index in [-0.39, 0.29) is 11.8 Å². The van der Waals surface area contributed by atoms with Gasteiger partial charge in [0.1, 0.15) is 0 Å². The summed E-state index contributed by atoms with van der Waals surface area (Å²) in [5.74, 6) is -0.176. The van der Waals surface area contributed by atoms with Crippen molar-refractivity contribution in [2.24, 2.45) is 0 Å². The van der Waals surface area contributed by atoms with Crippen LogP contribution in [0.15, 0.2) is 12.2 Å². The van der Waals surface area contributed by atoms with E-state index in [2.05, 4.69) is 11.7 Å². The molecular formula is C19H34O5. The Hall–Kier alpha value is -1.20. The van der Waals surface area contributed by atoms with E-state index >= 15 is 0 Å². The summed E-state index contributed by atoms with van der Waals surface area (Å²) in [6, 6.07) is 0. The maximum Gasteiger partial charge on any atom is 0.305 e. The van der Waals surface area contributed by atoms with Crippen molar-refractivity contribution >= 4 is 11.8 Å². The molecule has 0 aromatic heterocycles. The van der Waals surface area contributed by atoms with Crippen molar-refractivity contribution < 1.29 is 24.5 Å². The van der Waals surface area contributed by atoms with Crippen LogP contribution in [0.4, 0.5) is 0 Å². The van der Waals surface area contributed by atoms with E-state index in [1.165, 1.54) is 19.3 Å². The molecule has 0 saturated carbocycles. The molecule has 0 aliphatic heterocycles. The van der Waals surface area contributed by atoms with Gasteiger partial charge >= 0.3 is 5.97 Å². The van der Waals surface area contributed by atoms with Crippen LogP contribution in [0, 0.1) is 0 Å². The molecule has 0 fully saturated rings. The lowest BCUT2D eigenvalue weighted by atomic mass is 10.0. The highest BCUT2D eigenvalue weighted by Gasteiger charge is 2.13. The SMILES string of the molecule is CCCCCC(=O)/C=C/[C@H](O)[C@@H](O)CCCCCCCC(=O)OC. The summed E-state index contributed by atoms with van der Waals surface area (Å²) < 4.78 is 4.57. The first-order valence-electron chi connectivity index (χ1n) is 9.15. The maximum atomic E-state index is 11.6. The van der Waals surface area contributed by atoms with Crippen molar-refractivity contribution in [3.05, 3.63) is 12.2 Å². The minimum Gasteiger partial charge on any atom is -0.469 e. The second kappa shape index (κ2) is 15.3. The zero-order valence-corrected chi connectivity index (χ0v) is 15.2. The van der Waals surface area contributed by atoms with E-state index < -0.39 is 12.2 Å². The van der Waals surface area contributed by atoms with E-state index in [0.29, 0.717) is 19.3 Å². The van der Waals surface area contributed by atoms with Crippen molar-refractivity contribution in [3.8, 4) is 0 Å². The van der Waals surface area contributed by atoms with Crippen LogP contribution in [-0.2, 0) is 14.3 Å². The second-order valence-electron chi connectivity index (χ2n) is 6.22. The average Bonchev–Trinajstić information content (AvgIpc) is 2.58. The Kier molecular flexibility index (Phi) is 14.6. The number of aliphatic hydroxyl groups is 2. The van der Waals surface area contributed by atoms with E-state index in [0.717, 1.165) is 51.4 Å². The first-order chi connectivity index (χ1) is 11.5. The van der Waals surface area contributed by atoms with Crippen LogP contribution in [0.1, 0.15) is 77.6 Å². The highest BCUT2D eigenvalue weighted by Crippen LogP contribution is 2.11. The number of ether oxygens (including phenoxy) is 1. The third-order valence-electron chi connectivity index (χ3n) is 4.01. The third kappa shape index (κ3) is 13.3. The summed E-state index contributed by atoms with van der Waals surface area (Å²) in [5.41, 5.74) is 0. The molecule has 0 aliphatic rings. The van der Waals surface area contributed by atoms with Gasteiger partial charge in [-0.05, 0) is 25.3 Å². The number of aliphatic hydroxyl groups excluding tert-OH is 2. The lowest BCUT2D eigenvalue weighted by molar-refractivity contribution is -0.140. The summed E-state index contributed by atoms with van der Waals surface area (Å²) in [5, 5.41) is 19.7. The molecule has 140 valence electrons. The Bertz CT molecular complexity index is 365. The van der Waals surface area contributed by atoms with E-state index in [1.807, 2.05) is 0 Å². The van der Waals surface area contributed by atoms with Crippen molar-refractivity contribution in [2.45, 2.75) is 89.8 Å². The number of rotatable bonds is 15. The van der Waals surface area contributed by atoms with Gasteiger partial charge in [0.15, 0.2) is 5.78 Å². The van der Waals surface area contributed by atoms with Gasteiger partial charge in [-0.25, -0.2) is 0 Å². The molecule has 5 nitrogen and oxygen atoms in total. The first kappa shape index (κ1) is 22.8. The Morgan fingerprint density at radius 3 is 2.25 bits per heavy atom. The first-order valence-corrected chi connectivity index (χ1v) is 9.15. The number of methoxy groups -OCH3 is 1. The van der Waals surface area contributed by atoms with Gasteiger partial charge in [-0.3, -0.25) is 9.59 Å². The normalized spacial score (nSPS) is 13.8. The Morgan fingerprint density at radius 2 is 1.58 bits per heavy atom. The Labute approximate surface area is 146 Å². The van der Waals surface area contributed by atoms with Crippen LogP contribution in [-0.4, -0.2) is 41.3 Å². The molecule has 2 atom stereocenters. The average molecular weight is 342 g/mol. The molecule has 0 amide bonds. The smallest absolute Gasteiger partial charge is 0.305 e. The standard InChI is InChI=1S/C19H34O5/c1-3-4-8-11-16(20)14-15-18(22)17(21)12-9-6-5-7-10-13-19(23)24-2/h14-15,17-18,21-22H,3-13H2,1-2H3/b15-14+/t17-,18-/m0/s1. The molecule has 0 radical (unpaired) electrons. The van der Waals surface area contributed by atoms with Crippen molar-refractivity contribution in [2.75, 3.05) is 7.11 Å². The van der Waals surface area contributed by atoms with Gasteiger partial charge in [-0.2, -0.15) is 0 Å². The number of carbonyl (C=O) groups is 2. The summed E-state index contributed by atoms with van der Waals surface area (Å²) in [6.07, 6.45) is 9.93. The minimum atomic E-state index is -0.987. The number of allylic oxidation sites excluding steroid dienone is 1. The zero-order chi connectivity index (χ0) is 18.2. The highest BCUT2D eigenvalue weighted by molar-refractivity contribution is 5.89. The molecule has 0 aliphatic carbocycles. The lowest BCUT2D eigenvalue weighted by Crippen LogP contribution is -2.23. The molecule has 0 unspecified atom stereocenters. The highest BCUT2D eigenvalue weighted by atomic mass is 16.5. The van der Waals surface area contributed by atoms with E-state index in [1.54, 1.807) is 0 Å². The second-order valence-corrected chi connectivity index (χ2v) is 6.22. The van der Waals surface area contributed by atoms with Gasteiger partial charge in [0.05, 0.1) is 19.3 Å². The van der Waals surface area contributed by atoms with Crippen LogP contribution >= 0.6 is 0 Å². The molecular weight excluding hydrogens is 308 g/mol. The zero-order valence-electron chi connectivity index (χ0n) is 15.2. The van der Waals surface area contributed by atoms with Gasteiger partial charge in [0.25, 0.3) is 0 Å². The Morgan fingerprint density at radius 1 is 0.958 bits per heavy atom. The number of ketones is 1. The van der Waals surface area contributed by atoms with Gasteiger partial charge in [0.2, 0.25) is 0 Å². The van der Waals surface area contributed by atoms with Gasteiger partial charge in [-0.1, -0.05) is 51.5 Å². The summed E-state index contributed by atoms with van der Waals surface area (Å²) in [4.78, 5) is 22.5. The molecule has 0 bridgehead atoms. The Balaban J connectivity index is 3.69. The number of hydrogen-bond donors (Lipinski definition) is 2. The minimum absolute atomic E-state index is 0.000283. The number of hydrogen-bond acceptors (Lipinski definition) is 5. The van der Waals surface area contributed by atoms with Crippen LogP contribution in [0.3, 0.4) is 0 Å². The monoisotopic (exact) mass is 342 g/mol. The largest absolute Gasteiger partial charge is 0.469 e. The third-order valence-corrected chi connectivity index (χ3v) is 4.01. The number of esters is 1. The summed E-state index contributed by atoms with van der Waals surface area (Å²) in [6.45, 7) is 2.08. The maximum absolute atomic E-state index is 11.6. The van der Waals surface area contributed by atoms with Gasteiger partial charge in [0, 0.05) is 12.8 Å². The molecule has 0 saturated heterocycles. The van der Waals surface area contributed by atoms with Crippen LogP contribution < -0.4 is 0 Å². The van der Waals surface area contributed by atoms with Crippen molar-refractivity contribution in [3.63, 3.8) is 0 Å². The molecule has 0 aromatic rings. The number of carbonyl (C=O) groups excluding carboxylic acids is 2. The quantitative estimate of drug-likeness (QED) is 0.271. The van der Waals surface area contributed by atoms with E-state index in [9.17, 15) is 19.8 Å². The van der Waals surface area contributed by atoms with Gasteiger partial charge < -0.3 is 14.9 Å².